The molecule has 8 rings (SSSR count). The number of sulfonamides is 3. The quantitative estimate of drug-likeness (QED) is 0.0752. The maximum absolute atomic E-state index is 12.3. The number of hydrogen-bond acceptors (Lipinski definition) is 20. The molecule has 1 aromatic heterocycles. The number of pyridine rings is 1. The highest BCUT2D eigenvalue weighted by Gasteiger charge is 2.45. The lowest BCUT2D eigenvalue weighted by Gasteiger charge is -2.41. The minimum atomic E-state index is -3.23. The Morgan fingerprint density at radius 3 is 0.895 bits per heavy atom. The first kappa shape index (κ1) is 133. The molecule has 7 fully saturated rings. The van der Waals surface area contributed by atoms with Gasteiger partial charge in [0, 0.05) is 263 Å². The normalized spacial score (nSPS) is 17.6. The molecular weight excluding hydrogens is 1890 g/mol. The van der Waals surface area contributed by atoms with Crippen LogP contribution >= 0.6 is 0 Å². The number of urea groups is 1. The smallest absolute Gasteiger partial charge is 0.320 e. The lowest BCUT2D eigenvalue weighted by molar-refractivity contribution is -0.150. The molecule has 36 nitrogen and oxygen atoms in total. The lowest BCUT2D eigenvalue weighted by atomic mass is 9.94. The van der Waals surface area contributed by atoms with Crippen molar-refractivity contribution in [3.63, 3.8) is 0 Å². The summed E-state index contributed by atoms with van der Waals surface area (Å²) < 4.78 is 76.0. The predicted octanol–water partition coefficient (Wildman–Crippen LogP) is 10.8. The molecule has 1 aromatic rings. The molecule has 0 aliphatic carbocycles. The van der Waals surface area contributed by atoms with E-state index in [0.29, 0.717) is 103 Å². The Kier molecular flexibility index (Phi) is 56.8. The molecular formula is C104H193N17O19S3. The van der Waals surface area contributed by atoms with Crippen molar-refractivity contribution in [1.82, 2.24) is 81.6 Å². The fourth-order valence-corrected chi connectivity index (χ4v) is 19.5. The zero-order valence-electron chi connectivity index (χ0n) is 95.5. The second kappa shape index (κ2) is 61.1. The third kappa shape index (κ3) is 40.9. The molecule has 0 aromatic carbocycles. The van der Waals surface area contributed by atoms with Gasteiger partial charge in [0.05, 0.1) is 39.4 Å². The number of nitrogens with zero attached hydrogens (tertiary/aromatic N) is 17. The molecule has 0 saturated carbocycles. The minimum absolute atomic E-state index is 0.00917. The number of amides is 13. The van der Waals surface area contributed by atoms with E-state index >= 15 is 0 Å². The second-order valence-electron chi connectivity index (χ2n) is 44.0. The summed E-state index contributed by atoms with van der Waals surface area (Å²) in [6, 6.07) is 5.05. The average molecular weight is 2080 g/mol. The molecule has 0 radical (unpaired) electrons. The molecule has 7 saturated heterocycles. The van der Waals surface area contributed by atoms with E-state index in [0.717, 1.165) is 64.0 Å². The highest BCUT2D eigenvalue weighted by molar-refractivity contribution is 7.90. The van der Waals surface area contributed by atoms with E-state index in [4.69, 9.17) is 0 Å². The van der Waals surface area contributed by atoms with Gasteiger partial charge in [-0.25, -0.2) is 43.0 Å². The number of likely N-dealkylation sites (tertiary alicyclic amines) is 3. The van der Waals surface area contributed by atoms with Crippen molar-refractivity contribution in [1.29, 1.82) is 0 Å². The van der Waals surface area contributed by atoms with Crippen LogP contribution in [0.1, 0.15) is 283 Å². The SMILES string of the molecule is CC(C)C(=O)Cc1ccc(C(=O)N(C)C(C)C)nc1.CC(C)C(=O)N1CC(C(=O)N(C)C(C)C)C1.CC(C)C(=O)N1CCC(C(=O)N(C)C(C)C)C1.CC(C)C(=O)N1CCC(C(=O)N(C)C(C)C)CC1.CC(C)C(=O)N1CCCN(C(=O)N(C)C(C)C)CC1.CC(C)N(C)C(=O)C1CCN(S(=O)(=O)C(C)C)C1.CC(C)N(C)C(=O)C1CCN(S(=O)(=O)C(C)C)CC1.CC(C)N(C)C(=O)C1CN(S(=O)(=O)C(C)C)C1. The minimum Gasteiger partial charge on any atom is -0.343 e. The highest BCUT2D eigenvalue weighted by Crippen LogP contribution is 2.30. The van der Waals surface area contributed by atoms with Crippen LogP contribution in [0.5, 0.6) is 0 Å². The fourth-order valence-electron chi connectivity index (χ4n) is 15.5. The Morgan fingerprint density at radius 1 is 0.280 bits per heavy atom. The van der Waals surface area contributed by atoms with Gasteiger partial charge in [-0.3, -0.25) is 62.5 Å². The summed E-state index contributed by atoms with van der Waals surface area (Å²) in [4.78, 5) is 183. The van der Waals surface area contributed by atoms with E-state index in [-0.39, 0.29) is 190 Å². The van der Waals surface area contributed by atoms with Crippen molar-refractivity contribution in [2.24, 2.45) is 65.1 Å². The summed E-state index contributed by atoms with van der Waals surface area (Å²) >= 11 is 0. The molecule has 2 atom stereocenters. The Hall–Kier alpha value is -8.01. The Bertz CT molecular complexity index is 4550. The Labute approximate surface area is 863 Å². The van der Waals surface area contributed by atoms with Crippen LogP contribution in [0.15, 0.2) is 18.3 Å². The largest absolute Gasteiger partial charge is 0.343 e. The number of aromatic nitrogens is 1. The standard InChI is InChI=1S/C15H22N2O2.C14H27N3O2.C14H26N2O2.C13H26N2O3S.C13H24N2O2.C12H24N2O3S.C12H22N2O2.C11H22N2O3S/c1-10(2)14(18)8-12-6-7-13(16-9-12)15(19)17(5)11(3)4;1-11(2)13(18)16-7-6-8-17(10-9-16)14(19)15(5)12(3)4;1-10(2)13(17)16-8-6-12(7-9-16)14(18)15(5)11(3)4;1-10(2)14(5)13(16)12-6-8-15(9-7-12)19(17,18)11(3)4;1-9(2)12(16)15-7-6-11(8-15)13(17)14(5)10(3)4;1-9(2)13(5)12(15)11-6-7-14(8-11)18(16,17)10(3)4;1-8(2)11(15)14-6-10(7-14)12(16)13(5)9(3)4;1-8(2)12(5)11(14)10-6-13(7-10)17(15,16)9(3)4/h6-7,9-11H,8H2,1-5H3;11-12H,6-10H2,1-5H3;10-12H,6-9H2,1-5H3;10-12H,6-9H2,1-5H3;9-11H,6-8H2,1-5H3;9-11H,6-8H2,1-5H3;8-10H,6-7H2,1-5H3;8-10H,6-7H2,1-5H3. The van der Waals surface area contributed by atoms with Crippen LogP contribution in [0.25, 0.3) is 0 Å². The second-order valence-corrected chi connectivity index (χ2v) is 51.5. The third-order valence-corrected chi connectivity index (χ3v) is 34.7. The molecule has 7 aliphatic heterocycles. The fraction of sp³-hybridized carbons (Fsp3) is 0.827. The molecule has 143 heavy (non-hydrogen) atoms. The van der Waals surface area contributed by atoms with Crippen molar-refractivity contribution in [2.75, 3.05) is 161 Å². The molecule has 8 heterocycles. The van der Waals surface area contributed by atoms with Crippen LogP contribution in [0.2, 0.25) is 0 Å². The van der Waals surface area contributed by atoms with Gasteiger partial charge >= 0.3 is 6.03 Å². The van der Waals surface area contributed by atoms with Crippen molar-refractivity contribution in [3.05, 3.63) is 29.6 Å². The number of piperidine rings is 2. The van der Waals surface area contributed by atoms with Gasteiger partial charge in [0.2, 0.25) is 89.1 Å². The predicted molar refractivity (Wildman–Crippen MR) is 568 cm³/mol. The number of hydrogen-bond donors (Lipinski definition) is 0. The topological polar surface area (TPSA) is 389 Å². The van der Waals surface area contributed by atoms with Crippen LogP contribution < -0.4 is 0 Å². The molecule has 2 unspecified atom stereocenters. The maximum atomic E-state index is 12.3. The third-order valence-electron chi connectivity index (χ3n) is 27.9. The number of carbonyl (C=O) groups excluding carboxylic acids is 13. The number of Topliss-reactive ketones (excluding diaryl/α,β-unsaturated/α-hetero) is 1. The van der Waals surface area contributed by atoms with Crippen molar-refractivity contribution < 1.29 is 87.6 Å². The van der Waals surface area contributed by atoms with Crippen molar-refractivity contribution >= 4 is 107 Å². The average Bonchev–Trinajstić information content (AvgIpc) is 1.90. The van der Waals surface area contributed by atoms with Gasteiger partial charge in [-0.15, -0.1) is 0 Å². The molecule has 0 N–H and O–H groups in total. The van der Waals surface area contributed by atoms with E-state index < -0.39 is 45.8 Å². The Balaban J connectivity index is 0.000000818. The van der Waals surface area contributed by atoms with Crippen LogP contribution in [0, 0.1) is 65.1 Å². The van der Waals surface area contributed by atoms with Crippen LogP contribution in [-0.4, -0.2) is 409 Å². The van der Waals surface area contributed by atoms with Crippen LogP contribution in [-0.2, 0) is 89.2 Å². The van der Waals surface area contributed by atoms with Crippen LogP contribution in [0.4, 0.5) is 4.79 Å². The van der Waals surface area contributed by atoms with E-state index in [9.17, 15) is 87.6 Å². The first-order valence-corrected chi connectivity index (χ1v) is 56.7. The van der Waals surface area contributed by atoms with Gasteiger partial charge in [-0.1, -0.05) is 75.3 Å². The Morgan fingerprint density at radius 2 is 0.545 bits per heavy atom. The molecule has 0 bridgehead atoms. The van der Waals surface area contributed by atoms with E-state index in [1.54, 1.807) is 120 Å². The monoisotopic (exact) mass is 2080 g/mol. The molecule has 826 valence electrons. The lowest BCUT2D eigenvalue weighted by Crippen LogP contribution is -2.57. The first-order valence-electron chi connectivity index (χ1n) is 52.2. The van der Waals surface area contributed by atoms with E-state index in [2.05, 4.69) is 4.98 Å². The van der Waals surface area contributed by atoms with Crippen molar-refractivity contribution in [3.8, 4) is 0 Å². The molecule has 7 aliphatic rings. The van der Waals surface area contributed by atoms with Gasteiger partial charge in [-0.2, -0.15) is 0 Å². The molecule has 39 heteroatoms. The molecule has 0 spiro atoms. The van der Waals surface area contributed by atoms with Crippen molar-refractivity contribution in [2.45, 2.75) is 337 Å². The summed E-state index contributed by atoms with van der Waals surface area (Å²) in [6.45, 7) is 69.9. The van der Waals surface area contributed by atoms with Gasteiger partial charge in [0.15, 0.2) is 0 Å². The number of carbonyl (C=O) groups is 13. The van der Waals surface area contributed by atoms with E-state index in [1.165, 1.54) is 12.9 Å². The summed E-state index contributed by atoms with van der Waals surface area (Å²) in [5.41, 5.74) is 1.26. The van der Waals surface area contributed by atoms with Gasteiger partial charge in [0.1, 0.15) is 11.5 Å². The number of rotatable bonds is 28. The molecule has 13 amide bonds. The van der Waals surface area contributed by atoms with Crippen LogP contribution in [0.3, 0.4) is 0 Å². The zero-order valence-corrected chi connectivity index (χ0v) is 97.9. The highest BCUT2D eigenvalue weighted by atomic mass is 32.2. The summed E-state index contributed by atoms with van der Waals surface area (Å²) in [7, 11) is 4.84. The van der Waals surface area contributed by atoms with Gasteiger partial charge in [-0.05, 0) is 209 Å². The summed E-state index contributed by atoms with van der Waals surface area (Å²) in [5, 5.41) is -1.23. The number of ketones is 1. The van der Waals surface area contributed by atoms with E-state index in [1.807, 2.05) is 240 Å². The summed E-state index contributed by atoms with van der Waals surface area (Å²) in [5.74, 6) is 1.39. The zero-order chi connectivity index (χ0) is 111. The van der Waals surface area contributed by atoms with Gasteiger partial charge < -0.3 is 63.7 Å². The summed E-state index contributed by atoms with van der Waals surface area (Å²) in [6.07, 6.45) is 7.12. The van der Waals surface area contributed by atoms with Gasteiger partial charge in [0.25, 0.3) is 5.91 Å². The first-order chi connectivity index (χ1) is 65.7. The maximum Gasteiger partial charge on any atom is 0.320 e.